The van der Waals surface area contributed by atoms with Crippen molar-refractivity contribution < 1.29 is 4.74 Å². The molecule has 0 bridgehead atoms. The zero-order valence-electron chi connectivity index (χ0n) is 17.1. The summed E-state index contributed by atoms with van der Waals surface area (Å²) in [5, 5.41) is 4.77. The van der Waals surface area contributed by atoms with E-state index in [2.05, 4.69) is 25.8 Å². The van der Waals surface area contributed by atoms with Crippen LogP contribution in [0.3, 0.4) is 0 Å². The minimum atomic E-state index is -0.215. The molecule has 0 aliphatic heterocycles. The first-order chi connectivity index (χ1) is 13.3. The van der Waals surface area contributed by atoms with Crippen molar-refractivity contribution in [3.8, 4) is 17.1 Å². The predicted octanol–water partition coefficient (Wildman–Crippen LogP) is 4.61. The van der Waals surface area contributed by atoms with Gasteiger partial charge in [-0.25, -0.2) is 9.50 Å². The Balaban J connectivity index is 2.29. The van der Waals surface area contributed by atoms with Crippen molar-refractivity contribution in [2.75, 3.05) is 6.61 Å². The molecule has 0 radical (unpaired) electrons. The summed E-state index contributed by atoms with van der Waals surface area (Å²) in [6.07, 6.45) is 1.96. The van der Waals surface area contributed by atoms with Gasteiger partial charge in [0.2, 0.25) is 0 Å². The first kappa shape index (κ1) is 20.4. The van der Waals surface area contributed by atoms with E-state index < -0.39 is 0 Å². The van der Waals surface area contributed by atoms with Crippen molar-refractivity contribution >= 4 is 17.1 Å². The van der Waals surface area contributed by atoms with Gasteiger partial charge in [-0.3, -0.25) is 4.79 Å². The molecular formula is C21H27ClN4O2. The molecule has 7 heteroatoms. The maximum Gasteiger partial charge on any atom is 0.277 e. The zero-order chi connectivity index (χ0) is 20.5. The van der Waals surface area contributed by atoms with E-state index >= 15 is 0 Å². The number of H-pyrrole nitrogens is 1. The third-order valence-corrected chi connectivity index (χ3v) is 5.22. The summed E-state index contributed by atoms with van der Waals surface area (Å²) in [6.45, 7) is 10.7. The molecule has 1 N–H and O–H groups in total. The highest BCUT2D eigenvalue weighted by Gasteiger charge is 2.28. The molecule has 2 heterocycles. The van der Waals surface area contributed by atoms with Crippen LogP contribution in [0.25, 0.3) is 16.9 Å². The lowest BCUT2D eigenvalue weighted by atomic mass is 9.87. The molecule has 0 atom stereocenters. The number of nitrogens with one attached hydrogen (secondary N) is 1. The molecular weight excluding hydrogens is 376 g/mol. The van der Waals surface area contributed by atoms with Gasteiger partial charge in [-0.15, -0.1) is 16.7 Å². The normalized spacial score (nSPS) is 11.9. The number of aryl methyl sites for hydroxylation is 1. The van der Waals surface area contributed by atoms with Gasteiger partial charge in [-0.2, -0.15) is 0 Å². The predicted molar refractivity (Wildman–Crippen MR) is 112 cm³/mol. The van der Waals surface area contributed by atoms with Crippen LogP contribution in [-0.2, 0) is 11.3 Å². The Kier molecular flexibility index (Phi) is 5.79. The number of fused-ring (bicyclic) bond motifs is 1. The van der Waals surface area contributed by atoms with E-state index in [0.29, 0.717) is 40.8 Å². The summed E-state index contributed by atoms with van der Waals surface area (Å²) < 4.78 is 7.45. The Morgan fingerprint density at radius 2 is 2.04 bits per heavy atom. The fourth-order valence-corrected chi connectivity index (χ4v) is 3.76. The standard InChI is InChI=1S/C21H27ClN4O2/c1-6-10-21(4,5)20-23-13(3)17-19(27)24-18(25-26(17)20)15-11-14(12-22)8-9-16(15)28-7-2/h8-9,11H,6-7,10,12H2,1-5H3,(H,24,25,27). The second-order valence-electron chi connectivity index (χ2n) is 7.62. The molecule has 0 aliphatic carbocycles. The summed E-state index contributed by atoms with van der Waals surface area (Å²) in [4.78, 5) is 20.5. The lowest BCUT2D eigenvalue weighted by molar-refractivity contribution is 0.341. The molecule has 6 nitrogen and oxygen atoms in total. The van der Waals surface area contributed by atoms with Crippen LogP contribution in [0.15, 0.2) is 23.0 Å². The molecule has 0 fully saturated rings. The Morgan fingerprint density at radius 3 is 2.68 bits per heavy atom. The molecule has 3 rings (SSSR count). The fourth-order valence-electron chi connectivity index (χ4n) is 3.59. The van der Waals surface area contributed by atoms with Crippen LogP contribution < -0.4 is 10.3 Å². The lowest BCUT2D eigenvalue weighted by Crippen LogP contribution is -2.23. The Bertz CT molecular complexity index is 1050. The van der Waals surface area contributed by atoms with Gasteiger partial charge in [0, 0.05) is 11.3 Å². The fraction of sp³-hybridized carbons (Fsp3) is 0.476. The quantitative estimate of drug-likeness (QED) is 0.586. The number of ether oxygens (including phenoxy) is 1. The van der Waals surface area contributed by atoms with Crippen molar-refractivity contribution in [2.24, 2.45) is 0 Å². The number of imidazole rings is 1. The van der Waals surface area contributed by atoms with Crippen LogP contribution in [-0.4, -0.2) is 26.2 Å². The summed E-state index contributed by atoms with van der Waals surface area (Å²) in [5.74, 6) is 2.26. The van der Waals surface area contributed by atoms with Crippen LogP contribution in [0, 0.1) is 6.92 Å². The van der Waals surface area contributed by atoms with Crippen LogP contribution >= 0.6 is 11.6 Å². The average Bonchev–Trinajstić information content (AvgIpc) is 3.00. The van der Waals surface area contributed by atoms with E-state index in [1.54, 1.807) is 4.52 Å². The highest BCUT2D eigenvalue weighted by molar-refractivity contribution is 6.17. The van der Waals surface area contributed by atoms with E-state index in [0.717, 1.165) is 24.2 Å². The second-order valence-corrected chi connectivity index (χ2v) is 7.88. The first-order valence-electron chi connectivity index (χ1n) is 9.64. The van der Waals surface area contributed by atoms with Gasteiger partial charge in [0.05, 0.1) is 17.9 Å². The number of halogens is 1. The van der Waals surface area contributed by atoms with E-state index in [1.165, 1.54) is 0 Å². The summed E-state index contributed by atoms with van der Waals surface area (Å²) in [6, 6.07) is 5.68. The number of alkyl halides is 1. The maximum absolute atomic E-state index is 12.9. The first-order valence-corrected chi connectivity index (χ1v) is 10.2. The number of nitrogens with zero attached hydrogens (tertiary/aromatic N) is 3. The van der Waals surface area contributed by atoms with Crippen molar-refractivity contribution in [2.45, 2.75) is 58.8 Å². The number of aromatic nitrogens is 4. The highest BCUT2D eigenvalue weighted by Crippen LogP contribution is 2.31. The molecule has 0 aliphatic rings. The molecule has 0 unspecified atom stereocenters. The van der Waals surface area contributed by atoms with E-state index in [9.17, 15) is 4.79 Å². The Hall–Kier alpha value is -2.34. The highest BCUT2D eigenvalue weighted by atomic mass is 35.5. The third kappa shape index (κ3) is 3.65. The molecule has 0 spiro atoms. The van der Waals surface area contributed by atoms with Crippen LogP contribution in [0.4, 0.5) is 0 Å². The third-order valence-electron chi connectivity index (χ3n) is 4.91. The number of benzene rings is 1. The Labute approximate surface area is 169 Å². The van der Waals surface area contributed by atoms with Crippen LogP contribution in [0.2, 0.25) is 0 Å². The van der Waals surface area contributed by atoms with E-state index in [1.807, 2.05) is 32.0 Å². The topological polar surface area (TPSA) is 72.3 Å². The lowest BCUT2D eigenvalue weighted by Gasteiger charge is -2.22. The minimum Gasteiger partial charge on any atom is -0.493 e. The van der Waals surface area contributed by atoms with Gasteiger partial charge in [0.25, 0.3) is 5.56 Å². The number of aromatic amines is 1. The van der Waals surface area contributed by atoms with Crippen LogP contribution in [0.5, 0.6) is 5.75 Å². The van der Waals surface area contributed by atoms with Crippen molar-refractivity contribution in [3.63, 3.8) is 0 Å². The van der Waals surface area contributed by atoms with Gasteiger partial charge in [0.1, 0.15) is 11.6 Å². The summed E-state index contributed by atoms with van der Waals surface area (Å²) in [7, 11) is 0. The molecule has 0 saturated heterocycles. The molecule has 2 aromatic heterocycles. The molecule has 0 saturated carbocycles. The monoisotopic (exact) mass is 402 g/mol. The van der Waals surface area contributed by atoms with Gasteiger partial charge >= 0.3 is 0 Å². The molecule has 150 valence electrons. The van der Waals surface area contributed by atoms with Crippen molar-refractivity contribution in [3.05, 3.63) is 45.6 Å². The summed E-state index contributed by atoms with van der Waals surface area (Å²) in [5.41, 5.74) is 2.38. The van der Waals surface area contributed by atoms with Crippen molar-refractivity contribution in [1.82, 2.24) is 19.6 Å². The van der Waals surface area contributed by atoms with Gasteiger partial charge in [0.15, 0.2) is 11.3 Å². The molecule has 0 amide bonds. The summed E-state index contributed by atoms with van der Waals surface area (Å²) >= 11 is 6.02. The Morgan fingerprint density at radius 1 is 1.29 bits per heavy atom. The molecule has 3 aromatic rings. The van der Waals surface area contributed by atoms with Crippen molar-refractivity contribution in [1.29, 1.82) is 0 Å². The zero-order valence-corrected chi connectivity index (χ0v) is 17.9. The largest absolute Gasteiger partial charge is 0.493 e. The van der Waals surface area contributed by atoms with Gasteiger partial charge in [-0.1, -0.05) is 33.3 Å². The van der Waals surface area contributed by atoms with Gasteiger partial charge < -0.3 is 9.72 Å². The maximum atomic E-state index is 12.9. The van der Waals surface area contributed by atoms with E-state index in [4.69, 9.17) is 26.4 Å². The number of hydrogen-bond acceptors (Lipinski definition) is 4. The number of hydrogen-bond donors (Lipinski definition) is 1. The van der Waals surface area contributed by atoms with E-state index in [-0.39, 0.29) is 11.0 Å². The smallest absolute Gasteiger partial charge is 0.277 e. The second kappa shape index (κ2) is 7.95. The number of rotatable bonds is 7. The molecule has 1 aromatic carbocycles. The average molecular weight is 403 g/mol. The van der Waals surface area contributed by atoms with Gasteiger partial charge in [-0.05, 0) is 38.0 Å². The molecule has 28 heavy (non-hydrogen) atoms. The minimum absolute atomic E-state index is 0.204. The van der Waals surface area contributed by atoms with Crippen LogP contribution in [0.1, 0.15) is 57.6 Å². The SMILES string of the molecule is CCCC(C)(C)c1nc(C)c2c(=O)[nH]c(-c3cc(CCl)ccc3OCC)nn12.